The number of aromatic hydroxyl groups is 1. The highest BCUT2D eigenvalue weighted by Gasteiger charge is 2.30. The number of benzene rings is 1. The molecule has 0 amide bonds. The third-order valence-corrected chi connectivity index (χ3v) is 4.61. The van der Waals surface area contributed by atoms with Gasteiger partial charge in [-0.05, 0) is 46.6 Å². The Bertz CT molecular complexity index is 703. The Morgan fingerprint density at radius 2 is 2.11 bits per heavy atom. The highest BCUT2D eigenvalue weighted by Crippen LogP contribution is 2.43. The minimum Gasteiger partial charge on any atom is -0.508 e. The Kier molecular flexibility index (Phi) is 2.60. The first-order valence-corrected chi connectivity index (χ1v) is 6.95. The van der Waals surface area contributed by atoms with Crippen LogP contribution >= 0.6 is 27.3 Å². The van der Waals surface area contributed by atoms with E-state index in [1.54, 1.807) is 17.6 Å². The highest BCUT2D eigenvalue weighted by atomic mass is 79.9. The summed E-state index contributed by atoms with van der Waals surface area (Å²) in [6, 6.07) is 4.86. The molecule has 0 radical (unpaired) electrons. The van der Waals surface area contributed by atoms with E-state index in [1.807, 2.05) is 6.92 Å². The van der Waals surface area contributed by atoms with Crippen molar-refractivity contribution < 1.29 is 9.90 Å². The van der Waals surface area contributed by atoms with Crippen molar-refractivity contribution >= 4 is 38.6 Å². The van der Waals surface area contributed by atoms with Crippen LogP contribution in [-0.2, 0) is 0 Å². The van der Waals surface area contributed by atoms with E-state index < -0.39 is 0 Å². The lowest BCUT2D eigenvalue weighted by Crippen LogP contribution is -1.93. The molecule has 0 aliphatic heterocycles. The van der Waals surface area contributed by atoms with Crippen LogP contribution in [0.4, 0.5) is 0 Å². The maximum absolute atomic E-state index is 12.1. The van der Waals surface area contributed by atoms with Gasteiger partial charge in [-0.1, -0.05) is 0 Å². The lowest BCUT2D eigenvalue weighted by Gasteiger charge is -2.04. The second kappa shape index (κ2) is 4.03. The topological polar surface area (TPSA) is 50.2 Å². The molecule has 0 saturated carbocycles. The van der Waals surface area contributed by atoms with Gasteiger partial charge in [-0.3, -0.25) is 4.79 Å². The number of allylic oxidation sites excluding steroid dienone is 1. The molecule has 1 aromatic heterocycles. The van der Waals surface area contributed by atoms with Crippen LogP contribution in [0, 0.1) is 6.92 Å². The van der Waals surface area contributed by atoms with Gasteiger partial charge in [-0.25, -0.2) is 4.98 Å². The van der Waals surface area contributed by atoms with Gasteiger partial charge in [0.25, 0.3) is 0 Å². The number of aromatic nitrogens is 1. The number of carbonyl (C=O) groups is 1. The summed E-state index contributed by atoms with van der Waals surface area (Å²) in [5.74, 6) is 0.00776. The molecule has 0 unspecified atom stereocenters. The number of thiazole rings is 1. The van der Waals surface area contributed by atoms with E-state index in [-0.39, 0.29) is 11.5 Å². The summed E-state index contributed by atoms with van der Waals surface area (Å²) < 4.78 is 0.537. The van der Waals surface area contributed by atoms with Crippen molar-refractivity contribution in [2.24, 2.45) is 0 Å². The monoisotopic (exact) mass is 321 g/mol. The zero-order chi connectivity index (χ0) is 12.9. The molecule has 90 valence electrons. The van der Waals surface area contributed by atoms with Crippen LogP contribution in [0.1, 0.15) is 26.5 Å². The molecular weight excluding hydrogens is 314 g/mol. The number of hydrogen-bond acceptors (Lipinski definition) is 4. The summed E-state index contributed by atoms with van der Waals surface area (Å²) in [5.41, 5.74) is 4.92. The SMILES string of the molecule is Cc1ncsc1C1=C(Br)C(=O)c2cc(O)ccc21. The fourth-order valence-corrected chi connectivity index (χ4v) is 3.68. The predicted octanol–water partition coefficient (Wildman–Crippen LogP) is 3.51. The van der Waals surface area contributed by atoms with E-state index in [0.29, 0.717) is 10.0 Å². The number of halogens is 1. The number of carbonyl (C=O) groups excluding carboxylic acids is 1. The smallest absolute Gasteiger partial charge is 0.201 e. The summed E-state index contributed by atoms with van der Waals surface area (Å²) in [6.07, 6.45) is 0. The Morgan fingerprint density at radius 1 is 1.33 bits per heavy atom. The summed E-state index contributed by atoms with van der Waals surface area (Å²) in [7, 11) is 0. The largest absolute Gasteiger partial charge is 0.508 e. The Hall–Kier alpha value is -1.46. The number of fused-ring (bicyclic) bond motifs is 1. The normalized spacial score (nSPS) is 14.2. The number of hydrogen-bond donors (Lipinski definition) is 1. The first-order chi connectivity index (χ1) is 8.59. The van der Waals surface area contributed by atoms with Crippen molar-refractivity contribution in [2.45, 2.75) is 6.92 Å². The first-order valence-electron chi connectivity index (χ1n) is 5.28. The van der Waals surface area contributed by atoms with Crippen LogP contribution in [-0.4, -0.2) is 15.9 Å². The number of phenols is 1. The Labute approximate surface area is 116 Å². The third kappa shape index (κ3) is 1.54. The molecule has 3 rings (SSSR count). The van der Waals surface area contributed by atoms with E-state index in [0.717, 1.165) is 21.7 Å². The van der Waals surface area contributed by atoms with Gasteiger partial charge >= 0.3 is 0 Å². The molecule has 1 aromatic carbocycles. The molecule has 0 saturated heterocycles. The average Bonchev–Trinajstić information content (AvgIpc) is 2.85. The predicted molar refractivity (Wildman–Crippen MR) is 74.2 cm³/mol. The van der Waals surface area contributed by atoms with E-state index in [2.05, 4.69) is 20.9 Å². The molecule has 0 fully saturated rings. The molecule has 0 bridgehead atoms. The van der Waals surface area contributed by atoms with Crippen molar-refractivity contribution in [1.29, 1.82) is 0 Å². The van der Waals surface area contributed by atoms with E-state index in [9.17, 15) is 9.90 Å². The number of rotatable bonds is 1. The first kappa shape index (κ1) is 11.6. The van der Waals surface area contributed by atoms with E-state index in [4.69, 9.17) is 0 Å². The fourth-order valence-electron chi connectivity index (χ4n) is 2.05. The minimum absolute atomic E-state index is 0.0938. The van der Waals surface area contributed by atoms with Gasteiger partial charge in [0.2, 0.25) is 5.78 Å². The molecular formula is C13H8BrNO2S. The highest BCUT2D eigenvalue weighted by molar-refractivity contribution is 9.12. The zero-order valence-electron chi connectivity index (χ0n) is 9.40. The molecule has 5 heteroatoms. The maximum atomic E-state index is 12.1. The lowest BCUT2D eigenvalue weighted by molar-refractivity contribution is 0.104. The maximum Gasteiger partial charge on any atom is 0.201 e. The molecule has 3 nitrogen and oxygen atoms in total. The molecule has 0 atom stereocenters. The molecule has 0 spiro atoms. The Morgan fingerprint density at radius 3 is 2.78 bits per heavy atom. The van der Waals surface area contributed by atoms with Crippen molar-refractivity contribution in [1.82, 2.24) is 4.98 Å². The molecule has 1 aliphatic carbocycles. The number of ketones is 1. The van der Waals surface area contributed by atoms with Crippen LogP contribution in [0.15, 0.2) is 28.2 Å². The second-order valence-corrected chi connectivity index (χ2v) is 5.66. The lowest BCUT2D eigenvalue weighted by atomic mass is 10.0. The van der Waals surface area contributed by atoms with Gasteiger partial charge in [0, 0.05) is 11.1 Å². The number of aryl methyl sites for hydroxylation is 1. The Balaban J connectivity index is 2.29. The van der Waals surface area contributed by atoms with Gasteiger partial charge in [0.15, 0.2) is 0 Å². The van der Waals surface area contributed by atoms with Crippen LogP contribution in [0.25, 0.3) is 5.57 Å². The average molecular weight is 322 g/mol. The van der Waals surface area contributed by atoms with Crippen LogP contribution in [0.5, 0.6) is 5.75 Å². The summed E-state index contributed by atoms with van der Waals surface area (Å²) in [5, 5.41) is 9.48. The molecule has 1 N–H and O–H groups in total. The second-order valence-electron chi connectivity index (χ2n) is 4.01. The molecule has 18 heavy (non-hydrogen) atoms. The van der Waals surface area contributed by atoms with Gasteiger partial charge in [0.1, 0.15) is 5.75 Å². The standard InChI is InChI=1S/C13H8BrNO2S/c1-6-13(18-5-15-6)10-8-3-2-7(16)4-9(8)12(17)11(10)14/h2-5,16H,1H3. The third-order valence-electron chi connectivity index (χ3n) is 2.91. The molecule has 1 heterocycles. The quantitative estimate of drug-likeness (QED) is 0.874. The van der Waals surface area contributed by atoms with Crippen molar-refractivity contribution in [3.05, 3.63) is 49.9 Å². The van der Waals surface area contributed by atoms with Crippen LogP contribution < -0.4 is 0 Å². The van der Waals surface area contributed by atoms with Crippen LogP contribution in [0.2, 0.25) is 0 Å². The number of phenolic OH excluding ortho intramolecular Hbond substituents is 1. The van der Waals surface area contributed by atoms with Crippen molar-refractivity contribution in [2.75, 3.05) is 0 Å². The van der Waals surface area contributed by atoms with Crippen molar-refractivity contribution in [3.63, 3.8) is 0 Å². The minimum atomic E-state index is -0.0938. The summed E-state index contributed by atoms with van der Waals surface area (Å²) >= 11 is 4.87. The number of Topliss-reactive ketones (excluding diaryl/α,β-unsaturated/α-hetero) is 1. The van der Waals surface area contributed by atoms with E-state index in [1.165, 1.54) is 17.4 Å². The van der Waals surface area contributed by atoms with Gasteiger partial charge in [-0.2, -0.15) is 0 Å². The van der Waals surface area contributed by atoms with Gasteiger partial charge in [-0.15, -0.1) is 11.3 Å². The molecule has 1 aliphatic rings. The van der Waals surface area contributed by atoms with Crippen LogP contribution in [0.3, 0.4) is 0 Å². The molecule has 2 aromatic rings. The van der Waals surface area contributed by atoms with E-state index >= 15 is 0 Å². The fraction of sp³-hybridized carbons (Fsp3) is 0.0769. The van der Waals surface area contributed by atoms with Crippen molar-refractivity contribution in [3.8, 4) is 5.75 Å². The summed E-state index contributed by atoms with van der Waals surface area (Å²) in [4.78, 5) is 17.3. The number of nitrogens with zero attached hydrogens (tertiary/aromatic N) is 1. The summed E-state index contributed by atoms with van der Waals surface area (Å²) in [6.45, 7) is 1.92. The van der Waals surface area contributed by atoms with Gasteiger partial charge < -0.3 is 5.11 Å². The van der Waals surface area contributed by atoms with Gasteiger partial charge in [0.05, 0.1) is 20.6 Å². The zero-order valence-corrected chi connectivity index (χ0v) is 11.8.